The number of hydrogen-bond acceptors (Lipinski definition) is 3. The Morgan fingerprint density at radius 2 is 1.67 bits per heavy atom. The molecule has 92 valence electrons. The summed E-state index contributed by atoms with van der Waals surface area (Å²) in [4.78, 5) is 4.56. The van der Waals surface area contributed by atoms with E-state index in [1.807, 2.05) is 6.92 Å². The molecule has 0 aliphatic heterocycles. The maximum absolute atomic E-state index is 9.86. The molecule has 0 aromatic carbocycles. The second-order valence-corrected chi connectivity index (χ2v) is 4.66. The zero-order valence-electron chi connectivity index (χ0n) is 11.2. The van der Waals surface area contributed by atoms with E-state index in [2.05, 4.69) is 44.7 Å². The molecule has 0 amide bonds. The molecule has 0 bridgehead atoms. The van der Waals surface area contributed by atoms with Gasteiger partial charge in [0.1, 0.15) is 0 Å². The van der Waals surface area contributed by atoms with E-state index in [-0.39, 0.29) is 12.1 Å². The minimum absolute atomic E-state index is 0.213. The van der Waals surface area contributed by atoms with Gasteiger partial charge in [-0.05, 0) is 40.9 Å². The molecule has 3 heteroatoms. The topological polar surface area (TPSA) is 26.7 Å². The third kappa shape index (κ3) is 4.96. The lowest BCUT2D eigenvalue weighted by Crippen LogP contribution is -2.49. The minimum atomic E-state index is -0.213. The average Bonchev–Trinajstić information content (AvgIpc) is 2.16. The van der Waals surface area contributed by atoms with Crippen molar-refractivity contribution >= 4 is 0 Å². The van der Waals surface area contributed by atoms with Gasteiger partial charge in [0.05, 0.1) is 6.10 Å². The van der Waals surface area contributed by atoms with Crippen LogP contribution in [0.1, 0.15) is 34.1 Å². The van der Waals surface area contributed by atoms with Gasteiger partial charge in [0, 0.05) is 18.6 Å². The Morgan fingerprint density at radius 3 is 2.00 bits per heavy atom. The molecule has 15 heavy (non-hydrogen) atoms. The van der Waals surface area contributed by atoms with Crippen LogP contribution < -0.4 is 0 Å². The average molecular weight is 216 g/mol. The molecule has 0 aliphatic carbocycles. The number of rotatable bonds is 7. The first kappa shape index (κ1) is 14.9. The maximum atomic E-state index is 9.86. The fraction of sp³-hybridized carbons (Fsp3) is 1.00. The molecule has 1 N–H and O–H groups in total. The lowest BCUT2D eigenvalue weighted by molar-refractivity contribution is 0.0320. The number of aliphatic hydroxyl groups is 1. The highest BCUT2D eigenvalue weighted by atomic mass is 16.3. The van der Waals surface area contributed by atoms with Crippen LogP contribution >= 0.6 is 0 Å². The van der Waals surface area contributed by atoms with Crippen LogP contribution in [0.25, 0.3) is 0 Å². The van der Waals surface area contributed by atoms with Crippen LogP contribution in [0.4, 0.5) is 0 Å². The SMILES string of the molecule is CCC(O)C(C)N(CC)C(C)CN(C)C. The zero-order chi connectivity index (χ0) is 12.0. The van der Waals surface area contributed by atoms with Crippen molar-refractivity contribution in [2.75, 3.05) is 27.2 Å². The summed E-state index contributed by atoms with van der Waals surface area (Å²) in [6, 6.07) is 0.733. The first-order valence-corrected chi connectivity index (χ1v) is 6.02. The molecule has 3 unspecified atom stereocenters. The van der Waals surface area contributed by atoms with Gasteiger partial charge in [-0.1, -0.05) is 13.8 Å². The Bertz CT molecular complexity index is 162. The highest BCUT2D eigenvalue weighted by Crippen LogP contribution is 2.11. The predicted octanol–water partition coefficient (Wildman–Crippen LogP) is 1.42. The number of aliphatic hydroxyl groups excluding tert-OH is 1. The van der Waals surface area contributed by atoms with Gasteiger partial charge >= 0.3 is 0 Å². The van der Waals surface area contributed by atoms with Gasteiger partial charge in [-0.25, -0.2) is 0 Å². The number of hydrogen-bond donors (Lipinski definition) is 1. The van der Waals surface area contributed by atoms with E-state index in [9.17, 15) is 5.11 Å². The van der Waals surface area contributed by atoms with Gasteiger partial charge in [0.15, 0.2) is 0 Å². The quantitative estimate of drug-likeness (QED) is 0.697. The molecular weight excluding hydrogens is 188 g/mol. The van der Waals surface area contributed by atoms with Gasteiger partial charge in [-0.15, -0.1) is 0 Å². The molecular formula is C12H28N2O. The Balaban J connectivity index is 4.32. The Kier molecular flexibility index (Phi) is 7.14. The van der Waals surface area contributed by atoms with Crippen LogP contribution in [0, 0.1) is 0 Å². The summed E-state index contributed by atoms with van der Waals surface area (Å²) in [5.74, 6) is 0. The minimum Gasteiger partial charge on any atom is -0.392 e. The molecule has 0 aromatic heterocycles. The van der Waals surface area contributed by atoms with E-state index in [0.717, 1.165) is 19.5 Å². The van der Waals surface area contributed by atoms with E-state index >= 15 is 0 Å². The highest BCUT2D eigenvalue weighted by Gasteiger charge is 2.23. The summed E-state index contributed by atoms with van der Waals surface area (Å²) in [7, 11) is 4.18. The van der Waals surface area contributed by atoms with Crippen molar-refractivity contribution in [3.8, 4) is 0 Å². The van der Waals surface area contributed by atoms with E-state index in [1.165, 1.54) is 0 Å². The van der Waals surface area contributed by atoms with Gasteiger partial charge in [-0.3, -0.25) is 4.90 Å². The van der Waals surface area contributed by atoms with Crippen LogP contribution in [-0.4, -0.2) is 60.3 Å². The monoisotopic (exact) mass is 216 g/mol. The van der Waals surface area contributed by atoms with Crippen molar-refractivity contribution < 1.29 is 5.11 Å². The van der Waals surface area contributed by atoms with Crippen LogP contribution in [0.5, 0.6) is 0 Å². The predicted molar refractivity (Wildman–Crippen MR) is 66.2 cm³/mol. The van der Waals surface area contributed by atoms with E-state index < -0.39 is 0 Å². The van der Waals surface area contributed by atoms with Crippen molar-refractivity contribution in [3.05, 3.63) is 0 Å². The largest absolute Gasteiger partial charge is 0.392 e. The van der Waals surface area contributed by atoms with Crippen LogP contribution in [0.3, 0.4) is 0 Å². The third-order valence-electron chi connectivity index (χ3n) is 3.06. The molecule has 0 spiro atoms. The lowest BCUT2D eigenvalue weighted by Gasteiger charge is -2.37. The van der Waals surface area contributed by atoms with Gasteiger partial charge < -0.3 is 10.0 Å². The number of likely N-dealkylation sites (N-methyl/N-ethyl adjacent to an activating group) is 2. The Labute approximate surface area is 95.1 Å². The lowest BCUT2D eigenvalue weighted by atomic mass is 10.1. The fourth-order valence-corrected chi connectivity index (χ4v) is 2.20. The molecule has 0 aliphatic rings. The van der Waals surface area contributed by atoms with Crippen molar-refractivity contribution in [3.63, 3.8) is 0 Å². The molecule has 0 aromatic rings. The standard InChI is InChI=1S/C12H28N2O/c1-7-12(15)11(4)14(8-2)10(3)9-13(5)6/h10-12,15H,7-9H2,1-6H3. The molecule has 3 atom stereocenters. The molecule has 0 heterocycles. The summed E-state index contributed by atoms with van der Waals surface area (Å²) in [5.41, 5.74) is 0. The summed E-state index contributed by atoms with van der Waals surface area (Å²) in [5, 5.41) is 9.86. The van der Waals surface area contributed by atoms with Crippen molar-refractivity contribution in [2.45, 2.75) is 52.3 Å². The summed E-state index contributed by atoms with van der Waals surface area (Å²) < 4.78 is 0. The summed E-state index contributed by atoms with van der Waals surface area (Å²) in [6.45, 7) is 10.6. The van der Waals surface area contributed by atoms with Gasteiger partial charge in [0.25, 0.3) is 0 Å². The van der Waals surface area contributed by atoms with Crippen LogP contribution in [0.2, 0.25) is 0 Å². The molecule has 0 saturated heterocycles. The third-order valence-corrected chi connectivity index (χ3v) is 3.06. The van der Waals surface area contributed by atoms with Crippen LogP contribution in [-0.2, 0) is 0 Å². The fourth-order valence-electron chi connectivity index (χ4n) is 2.20. The summed E-state index contributed by atoms with van der Waals surface area (Å²) >= 11 is 0. The second kappa shape index (κ2) is 7.20. The number of nitrogens with zero attached hydrogens (tertiary/aromatic N) is 2. The second-order valence-electron chi connectivity index (χ2n) is 4.66. The highest BCUT2D eigenvalue weighted by molar-refractivity contribution is 4.78. The molecule has 3 nitrogen and oxygen atoms in total. The van der Waals surface area contributed by atoms with Crippen molar-refractivity contribution in [2.24, 2.45) is 0 Å². The zero-order valence-corrected chi connectivity index (χ0v) is 11.2. The molecule has 0 fully saturated rings. The van der Waals surface area contributed by atoms with E-state index in [0.29, 0.717) is 6.04 Å². The van der Waals surface area contributed by atoms with E-state index in [4.69, 9.17) is 0 Å². The molecule has 0 rings (SSSR count). The Morgan fingerprint density at radius 1 is 1.13 bits per heavy atom. The smallest absolute Gasteiger partial charge is 0.0690 e. The van der Waals surface area contributed by atoms with Crippen molar-refractivity contribution in [1.29, 1.82) is 0 Å². The van der Waals surface area contributed by atoms with Gasteiger partial charge in [-0.2, -0.15) is 0 Å². The Hall–Kier alpha value is -0.120. The molecule has 0 radical (unpaired) electrons. The van der Waals surface area contributed by atoms with E-state index in [1.54, 1.807) is 0 Å². The first-order valence-electron chi connectivity index (χ1n) is 6.02. The van der Waals surface area contributed by atoms with Gasteiger partial charge in [0.2, 0.25) is 0 Å². The maximum Gasteiger partial charge on any atom is 0.0690 e. The van der Waals surface area contributed by atoms with Crippen molar-refractivity contribution in [1.82, 2.24) is 9.80 Å². The molecule has 0 saturated carbocycles. The normalized spacial score (nSPS) is 18.2. The summed E-state index contributed by atoms with van der Waals surface area (Å²) in [6.07, 6.45) is 0.612. The van der Waals surface area contributed by atoms with Crippen LogP contribution in [0.15, 0.2) is 0 Å². The first-order chi connectivity index (χ1) is 6.93.